The number of aliphatic hydroxyl groups excluding tert-OH is 1. The number of likely N-dealkylation sites (tertiary alicyclic amines) is 1. The summed E-state index contributed by atoms with van der Waals surface area (Å²) < 4.78 is 5.92. The lowest BCUT2D eigenvalue weighted by Gasteiger charge is -2.18. The fourth-order valence-corrected chi connectivity index (χ4v) is 3.77. The van der Waals surface area contributed by atoms with E-state index in [1.54, 1.807) is 0 Å². The molecule has 0 unspecified atom stereocenters. The van der Waals surface area contributed by atoms with Crippen LogP contribution in [0, 0.1) is 5.92 Å². The third kappa shape index (κ3) is 5.41. The molecule has 1 aromatic heterocycles. The van der Waals surface area contributed by atoms with Gasteiger partial charge in [-0.1, -0.05) is 18.2 Å². The number of rotatable bonds is 8. The number of allylic oxidation sites excluding steroid dienone is 1. The van der Waals surface area contributed by atoms with Gasteiger partial charge < -0.3 is 9.84 Å². The molecule has 1 saturated heterocycles. The van der Waals surface area contributed by atoms with Gasteiger partial charge in [0.1, 0.15) is 5.75 Å². The third-order valence-electron chi connectivity index (χ3n) is 4.99. The first-order valence-electron chi connectivity index (χ1n) is 9.74. The average molecular weight is 367 g/mol. The zero-order valence-electron chi connectivity index (χ0n) is 16.3. The molecule has 1 aliphatic rings. The zero-order chi connectivity index (χ0) is 19.2. The Hall–Kier alpha value is -2.17. The normalized spacial score (nSPS) is 20.1. The number of pyridine rings is 1. The first kappa shape index (κ1) is 19.6. The summed E-state index contributed by atoms with van der Waals surface area (Å²) in [5, 5.41) is 10.5. The lowest BCUT2D eigenvalue weighted by Crippen LogP contribution is -2.21. The van der Waals surface area contributed by atoms with Crippen LogP contribution in [0.25, 0.3) is 0 Å². The van der Waals surface area contributed by atoms with Crippen molar-refractivity contribution in [2.45, 2.75) is 45.4 Å². The Labute approximate surface area is 162 Å². The first-order valence-corrected chi connectivity index (χ1v) is 9.74. The Morgan fingerprint density at radius 3 is 2.70 bits per heavy atom. The molecule has 4 nitrogen and oxygen atoms in total. The molecule has 2 heterocycles. The van der Waals surface area contributed by atoms with Gasteiger partial charge in [-0.05, 0) is 61.6 Å². The predicted octanol–water partition coefficient (Wildman–Crippen LogP) is 3.63. The summed E-state index contributed by atoms with van der Waals surface area (Å²) in [4.78, 5) is 6.41. The lowest BCUT2D eigenvalue weighted by atomic mass is 9.97. The second kappa shape index (κ2) is 9.16. The van der Waals surface area contributed by atoms with E-state index in [1.807, 2.05) is 44.4 Å². The maximum absolute atomic E-state index is 10.5. The maximum Gasteiger partial charge on any atom is 0.123 e. The van der Waals surface area contributed by atoms with Crippen LogP contribution in [0.5, 0.6) is 5.75 Å². The second-order valence-electron chi connectivity index (χ2n) is 7.68. The van der Waals surface area contributed by atoms with E-state index in [9.17, 15) is 5.11 Å². The monoisotopic (exact) mass is 366 g/mol. The summed E-state index contributed by atoms with van der Waals surface area (Å²) in [7, 11) is 0. The van der Waals surface area contributed by atoms with Crippen LogP contribution in [-0.4, -0.2) is 40.3 Å². The fraction of sp³-hybridized carbons (Fsp3) is 0.435. The summed E-state index contributed by atoms with van der Waals surface area (Å²) in [5.74, 6) is 1.20. The molecule has 1 fully saturated rings. The van der Waals surface area contributed by atoms with Crippen LogP contribution >= 0.6 is 0 Å². The SMILES string of the molecule is C=CCc1cc(CN2C[C@@H](Cc3ccncc3)[C@@H](O)C2)ccc1OC(C)C. The number of hydrogen-bond acceptors (Lipinski definition) is 4. The van der Waals surface area contributed by atoms with Crippen LogP contribution in [-0.2, 0) is 19.4 Å². The van der Waals surface area contributed by atoms with Gasteiger partial charge in [0, 0.05) is 37.9 Å². The van der Waals surface area contributed by atoms with E-state index in [0.717, 1.165) is 38.2 Å². The van der Waals surface area contributed by atoms with Gasteiger partial charge in [0.2, 0.25) is 0 Å². The Kier molecular flexibility index (Phi) is 6.64. The number of β-amino-alcohol motifs (C(OH)–C–C–N with tert-alkyl or cyclic N) is 1. The van der Waals surface area contributed by atoms with Crippen molar-refractivity contribution >= 4 is 0 Å². The van der Waals surface area contributed by atoms with Gasteiger partial charge >= 0.3 is 0 Å². The molecule has 0 aliphatic carbocycles. The van der Waals surface area contributed by atoms with Crippen molar-refractivity contribution < 1.29 is 9.84 Å². The van der Waals surface area contributed by atoms with E-state index in [-0.39, 0.29) is 18.1 Å². The summed E-state index contributed by atoms with van der Waals surface area (Å²) in [6.07, 6.45) is 7.10. The van der Waals surface area contributed by atoms with Gasteiger partial charge in [-0.3, -0.25) is 9.88 Å². The van der Waals surface area contributed by atoms with Crippen LogP contribution in [0.3, 0.4) is 0 Å². The number of aliphatic hydroxyl groups is 1. The van der Waals surface area contributed by atoms with Crippen LogP contribution < -0.4 is 4.74 Å². The third-order valence-corrected chi connectivity index (χ3v) is 4.99. The number of aromatic nitrogens is 1. The largest absolute Gasteiger partial charge is 0.491 e. The number of ether oxygens (including phenoxy) is 1. The lowest BCUT2D eigenvalue weighted by molar-refractivity contribution is 0.141. The minimum absolute atomic E-state index is 0.155. The molecule has 1 aliphatic heterocycles. The van der Waals surface area contributed by atoms with Gasteiger partial charge in [0.15, 0.2) is 0 Å². The summed E-state index contributed by atoms with van der Waals surface area (Å²) >= 11 is 0. The van der Waals surface area contributed by atoms with Gasteiger partial charge in [-0.15, -0.1) is 6.58 Å². The molecule has 1 N–H and O–H groups in total. The number of hydrogen-bond donors (Lipinski definition) is 1. The van der Waals surface area contributed by atoms with E-state index >= 15 is 0 Å². The summed E-state index contributed by atoms with van der Waals surface area (Å²) in [6, 6.07) is 10.5. The highest BCUT2D eigenvalue weighted by atomic mass is 16.5. The fourth-order valence-electron chi connectivity index (χ4n) is 3.77. The highest BCUT2D eigenvalue weighted by molar-refractivity contribution is 5.38. The maximum atomic E-state index is 10.5. The summed E-state index contributed by atoms with van der Waals surface area (Å²) in [6.45, 7) is 10.4. The van der Waals surface area contributed by atoms with Gasteiger partial charge in [0.25, 0.3) is 0 Å². The number of nitrogens with zero attached hydrogens (tertiary/aromatic N) is 2. The van der Waals surface area contributed by atoms with E-state index in [4.69, 9.17) is 4.74 Å². The van der Waals surface area contributed by atoms with Crippen LogP contribution in [0.1, 0.15) is 30.5 Å². The Morgan fingerprint density at radius 2 is 2.00 bits per heavy atom. The van der Waals surface area contributed by atoms with Crippen molar-refractivity contribution in [3.8, 4) is 5.75 Å². The van der Waals surface area contributed by atoms with Crippen molar-refractivity contribution in [3.05, 3.63) is 72.1 Å². The van der Waals surface area contributed by atoms with Crippen LogP contribution in [0.4, 0.5) is 0 Å². The second-order valence-corrected chi connectivity index (χ2v) is 7.68. The molecule has 2 aromatic rings. The molecule has 0 bridgehead atoms. The molecule has 27 heavy (non-hydrogen) atoms. The molecule has 0 radical (unpaired) electrons. The molecule has 2 atom stereocenters. The minimum atomic E-state index is -0.283. The van der Waals surface area contributed by atoms with Gasteiger partial charge in [-0.25, -0.2) is 0 Å². The standard InChI is InChI=1S/C23H30N2O2/c1-4-5-20-13-19(6-7-23(20)27-17(2)3)14-25-15-21(22(26)16-25)12-18-8-10-24-11-9-18/h4,6-11,13,17,21-22,26H,1,5,12,14-16H2,2-3H3/t21-,22+/m1/s1. The van der Waals surface area contributed by atoms with Crippen LogP contribution in [0.15, 0.2) is 55.4 Å². The smallest absolute Gasteiger partial charge is 0.123 e. The van der Waals surface area contributed by atoms with E-state index in [1.165, 1.54) is 16.7 Å². The average Bonchev–Trinajstić information content (AvgIpc) is 2.97. The molecule has 3 rings (SSSR count). The Balaban J connectivity index is 1.64. The van der Waals surface area contributed by atoms with Gasteiger partial charge in [-0.2, -0.15) is 0 Å². The molecule has 1 aromatic carbocycles. The topological polar surface area (TPSA) is 45.6 Å². The molecular formula is C23H30N2O2. The molecule has 0 saturated carbocycles. The molecule has 0 amide bonds. The van der Waals surface area contributed by atoms with Gasteiger partial charge in [0.05, 0.1) is 12.2 Å². The van der Waals surface area contributed by atoms with Crippen molar-refractivity contribution in [2.24, 2.45) is 5.92 Å². The quantitative estimate of drug-likeness (QED) is 0.725. The van der Waals surface area contributed by atoms with E-state index in [2.05, 4.69) is 34.7 Å². The molecule has 144 valence electrons. The van der Waals surface area contributed by atoms with Crippen molar-refractivity contribution in [3.63, 3.8) is 0 Å². The molecule has 0 spiro atoms. The predicted molar refractivity (Wildman–Crippen MR) is 109 cm³/mol. The minimum Gasteiger partial charge on any atom is -0.491 e. The van der Waals surface area contributed by atoms with Crippen molar-refractivity contribution in [1.29, 1.82) is 0 Å². The van der Waals surface area contributed by atoms with E-state index < -0.39 is 0 Å². The Bertz CT molecular complexity index is 745. The van der Waals surface area contributed by atoms with Crippen molar-refractivity contribution in [1.82, 2.24) is 9.88 Å². The number of benzene rings is 1. The highest BCUT2D eigenvalue weighted by Crippen LogP contribution is 2.26. The summed E-state index contributed by atoms with van der Waals surface area (Å²) in [5.41, 5.74) is 3.66. The molecule has 4 heteroatoms. The highest BCUT2D eigenvalue weighted by Gasteiger charge is 2.31. The zero-order valence-corrected chi connectivity index (χ0v) is 16.3. The molecular weight excluding hydrogens is 336 g/mol. The van der Waals surface area contributed by atoms with Crippen LogP contribution in [0.2, 0.25) is 0 Å². The first-order chi connectivity index (χ1) is 13.0. The Morgan fingerprint density at radius 1 is 1.22 bits per heavy atom. The van der Waals surface area contributed by atoms with E-state index in [0.29, 0.717) is 0 Å². The van der Waals surface area contributed by atoms with Crippen molar-refractivity contribution in [2.75, 3.05) is 13.1 Å².